The monoisotopic (exact) mass is 347 g/mol. The van der Waals surface area contributed by atoms with Crippen LogP contribution in [0, 0.1) is 0 Å². The van der Waals surface area contributed by atoms with Crippen LogP contribution in [0.2, 0.25) is 0 Å². The van der Waals surface area contributed by atoms with Gasteiger partial charge in [0.15, 0.2) is 0 Å². The lowest BCUT2D eigenvalue weighted by molar-refractivity contribution is 0.0398. The maximum Gasteiger partial charge on any atom is 0.346 e. The maximum atomic E-state index is 11.6. The Kier molecular flexibility index (Phi) is 7.62. The molecule has 0 aliphatic heterocycles. The molecule has 0 amide bonds. The number of anilines is 1. The quantitative estimate of drug-likeness (QED) is 0.544. The van der Waals surface area contributed by atoms with E-state index in [4.69, 9.17) is 4.74 Å². The first kappa shape index (κ1) is 18.9. The van der Waals surface area contributed by atoms with E-state index in [1.807, 2.05) is 18.2 Å². The molecule has 3 aromatic rings. The molecule has 0 spiro atoms. The van der Waals surface area contributed by atoms with E-state index in [0.29, 0.717) is 11.1 Å². The zero-order valence-electron chi connectivity index (χ0n) is 14.6. The molecule has 0 atom stereocenters. The van der Waals surface area contributed by atoms with E-state index < -0.39 is 11.9 Å². The molecule has 0 saturated carbocycles. The summed E-state index contributed by atoms with van der Waals surface area (Å²) in [6.07, 6.45) is 0. The van der Waals surface area contributed by atoms with Crippen LogP contribution in [0.25, 0.3) is 0 Å². The van der Waals surface area contributed by atoms with Crippen LogP contribution >= 0.6 is 0 Å². The molecule has 0 bridgehead atoms. The highest BCUT2D eigenvalue weighted by molar-refractivity contribution is 6.02. The number of esters is 2. The first-order valence-corrected chi connectivity index (χ1v) is 8.36. The Hall–Kier alpha value is -3.40. The molecule has 0 heterocycles. The number of para-hydroxylation sites is 1. The van der Waals surface area contributed by atoms with Gasteiger partial charge in [-0.1, -0.05) is 54.6 Å². The molecular formula is C22H21NO3. The summed E-state index contributed by atoms with van der Waals surface area (Å²) < 4.78 is 4.74. The van der Waals surface area contributed by atoms with E-state index in [1.54, 1.807) is 60.7 Å². The molecular weight excluding hydrogens is 326 g/mol. The maximum absolute atomic E-state index is 11.6. The van der Waals surface area contributed by atoms with Gasteiger partial charge in [-0.2, -0.15) is 0 Å². The van der Waals surface area contributed by atoms with Crippen molar-refractivity contribution in [2.75, 3.05) is 11.9 Å². The molecule has 0 radical (unpaired) electrons. The van der Waals surface area contributed by atoms with Crippen molar-refractivity contribution >= 4 is 17.6 Å². The van der Waals surface area contributed by atoms with Crippen LogP contribution in [-0.4, -0.2) is 18.5 Å². The lowest BCUT2D eigenvalue weighted by Gasteiger charge is -2.02. The highest BCUT2D eigenvalue weighted by Crippen LogP contribution is 2.06. The number of carbonyl (C=O) groups is 2. The zero-order valence-corrected chi connectivity index (χ0v) is 14.6. The van der Waals surface area contributed by atoms with Crippen molar-refractivity contribution in [1.29, 1.82) is 0 Å². The van der Waals surface area contributed by atoms with Gasteiger partial charge in [0.1, 0.15) is 0 Å². The molecule has 0 aliphatic carbocycles. The van der Waals surface area contributed by atoms with Crippen LogP contribution < -0.4 is 5.32 Å². The Labute approximate surface area is 153 Å². The third kappa shape index (κ3) is 6.24. The molecule has 26 heavy (non-hydrogen) atoms. The van der Waals surface area contributed by atoms with Crippen molar-refractivity contribution in [1.82, 2.24) is 0 Å². The number of hydrogen-bond acceptors (Lipinski definition) is 4. The highest BCUT2D eigenvalue weighted by Gasteiger charge is 2.13. The second kappa shape index (κ2) is 10.5. The Balaban J connectivity index is 0.000000228. The fourth-order valence-electron chi connectivity index (χ4n) is 2.11. The van der Waals surface area contributed by atoms with Crippen LogP contribution in [0.5, 0.6) is 0 Å². The topological polar surface area (TPSA) is 55.4 Å². The third-order valence-electron chi connectivity index (χ3n) is 3.36. The van der Waals surface area contributed by atoms with Gasteiger partial charge in [-0.25, -0.2) is 9.59 Å². The van der Waals surface area contributed by atoms with Crippen LogP contribution in [0.3, 0.4) is 0 Å². The van der Waals surface area contributed by atoms with Crippen LogP contribution in [0.1, 0.15) is 27.6 Å². The van der Waals surface area contributed by atoms with Crippen molar-refractivity contribution in [2.24, 2.45) is 0 Å². The van der Waals surface area contributed by atoms with Gasteiger partial charge in [-0.05, 0) is 43.3 Å². The standard InChI is InChI=1S/C14H10O3.C8H11N/c15-13(11-7-3-1-4-8-11)17-14(16)12-9-5-2-6-10-12;1-2-9-8-6-4-3-5-7-8/h1-10H;3-7,9H,2H2,1H3. The molecule has 0 aliphatic rings. The van der Waals surface area contributed by atoms with E-state index in [2.05, 4.69) is 24.4 Å². The van der Waals surface area contributed by atoms with Gasteiger partial charge in [0, 0.05) is 12.2 Å². The molecule has 132 valence electrons. The molecule has 3 aromatic carbocycles. The number of ether oxygens (including phenoxy) is 1. The zero-order chi connectivity index (χ0) is 18.6. The molecule has 0 unspecified atom stereocenters. The Morgan fingerprint density at radius 1 is 0.692 bits per heavy atom. The Bertz CT molecular complexity index is 753. The van der Waals surface area contributed by atoms with E-state index in [0.717, 1.165) is 6.54 Å². The molecule has 3 rings (SSSR count). The van der Waals surface area contributed by atoms with Gasteiger partial charge < -0.3 is 10.1 Å². The van der Waals surface area contributed by atoms with Gasteiger partial charge in [0.25, 0.3) is 0 Å². The predicted molar refractivity (Wildman–Crippen MR) is 103 cm³/mol. The first-order valence-electron chi connectivity index (χ1n) is 8.36. The molecule has 0 aromatic heterocycles. The van der Waals surface area contributed by atoms with Crippen molar-refractivity contribution < 1.29 is 14.3 Å². The number of carbonyl (C=O) groups excluding carboxylic acids is 2. The minimum Gasteiger partial charge on any atom is -0.386 e. The average molecular weight is 347 g/mol. The van der Waals surface area contributed by atoms with E-state index in [-0.39, 0.29) is 0 Å². The smallest absolute Gasteiger partial charge is 0.346 e. The summed E-state index contributed by atoms with van der Waals surface area (Å²) in [5.41, 5.74) is 1.91. The number of rotatable bonds is 4. The van der Waals surface area contributed by atoms with Gasteiger partial charge in [0.05, 0.1) is 11.1 Å². The van der Waals surface area contributed by atoms with Crippen molar-refractivity contribution in [3.05, 3.63) is 102 Å². The summed E-state index contributed by atoms with van der Waals surface area (Å²) in [6.45, 7) is 3.08. The van der Waals surface area contributed by atoms with Crippen molar-refractivity contribution in [2.45, 2.75) is 6.92 Å². The SMILES string of the molecule is CCNc1ccccc1.O=C(OC(=O)c1ccccc1)c1ccccc1. The summed E-state index contributed by atoms with van der Waals surface area (Å²) >= 11 is 0. The first-order chi connectivity index (χ1) is 12.7. The molecule has 1 N–H and O–H groups in total. The van der Waals surface area contributed by atoms with Gasteiger partial charge in [0.2, 0.25) is 0 Å². The fourth-order valence-corrected chi connectivity index (χ4v) is 2.11. The summed E-state index contributed by atoms with van der Waals surface area (Å²) in [5, 5.41) is 3.21. The predicted octanol–water partition coefficient (Wildman–Crippen LogP) is 4.80. The van der Waals surface area contributed by atoms with Gasteiger partial charge in [-0.15, -0.1) is 0 Å². The lowest BCUT2D eigenvalue weighted by atomic mass is 10.2. The van der Waals surface area contributed by atoms with E-state index in [1.165, 1.54) is 5.69 Å². The second-order valence-electron chi connectivity index (χ2n) is 5.31. The Morgan fingerprint density at radius 2 is 1.08 bits per heavy atom. The molecule has 0 saturated heterocycles. The van der Waals surface area contributed by atoms with Gasteiger partial charge >= 0.3 is 11.9 Å². The number of benzene rings is 3. The van der Waals surface area contributed by atoms with Crippen LogP contribution in [-0.2, 0) is 4.74 Å². The van der Waals surface area contributed by atoms with Crippen molar-refractivity contribution in [3.63, 3.8) is 0 Å². The highest BCUT2D eigenvalue weighted by atomic mass is 16.6. The summed E-state index contributed by atoms with van der Waals surface area (Å²) in [7, 11) is 0. The third-order valence-corrected chi connectivity index (χ3v) is 3.36. The van der Waals surface area contributed by atoms with E-state index in [9.17, 15) is 9.59 Å². The number of nitrogens with one attached hydrogen (secondary N) is 1. The average Bonchev–Trinajstić information content (AvgIpc) is 2.71. The van der Waals surface area contributed by atoms with Crippen LogP contribution in [0.4, 0.5) is 5.69 Å². The largest absolute Gasteiger partial charge is 0.386 e. The molecule has 4 heteroatoms. The fraction of sp³-hybridized carbons (Fsp3) is 0.0909. The van der Waals surface area contributed by atoms with Crippen LogP contribution in [0.15, 0.2) is 91.0 Å². The molecule has 4 nitrogen and oxygen atoms in total. The van der Waals surface area contributed by atoms with Gasteiger partial charge in [-0.3, -0.25) is 0 Å². The number of hydrogen-bond donors (Lipinski definition) is 1. The minimum atomic E-state index is -0.639. The van der Waals surface area contributed by atoms with Crippen molar-refractivity contribution in [3.8, 4) is 0 Å². The lowest BCUT2D eigenvalue weighted by Crippen LogP contribution is -2.12. The van der Waals surface area contributed by atoms with E-state index >= 15 is 0 Å². The summed E-state index contributed by atoms with van der Waals surface area (Å²) in [4.78, 5) is 23.2. The second-order valence-corrected chi connectivity index (χ2v) is 5.31. The molecule has 0 fully saturated rings. The Morgan fingerprint density at radius 3 is 1.46 bits per heavy atom. The normalized spacial score (nSPS) is 9.42. The summed E-state index contributed by atoms with van der Waals surface area (Å²) in [5.74, 6) is -1.28. The summed E-state index contributed by atoms with van der Waals surface area (Å²) in [6, 6.07) is 27.0. The minimum absolute atomic E-state index is 0.358.